The summed E-state index contributed by atoms with van der Waals surface area (Å²) in [6.07, 6.45) is 0. The Kier molecular flexibility index (Phi) is 2.66. The SMILES string of the molecule is N#CCN1C(=O)CNc2cc(C(=O)O)ccc21. The van der Waals surface area contributed by atoms with Crippen molar-refractivity contribution in [2.75, 3.05) is 23.3 Å². The van der Waals surface area contributed by atoms with Crippen LogP contribution in [0.25, 0.3) is 0 Å². The van der Waals surface area contributed by atoms with Crippen LogP contribution in [0.1, 0.15) is 10.4 Å². The molecule has 1 heterocycles. The molecule has 1 aliphatic heterocycles. The summed E-state index contributed by atoms with van der Waals surface area (Å²) in [5, 5.41) is 20.3. The van der Waals surface area contributed by atoms with Crippen LogP contribution in [0.15, 0.2) is 18.2 Å². The summed E-state index contributed by atoms with van der Waals surface area (Å²) in [7, 11) is 0. The Morgan fingerprint density at radius 2 is 2.35 bits per heavy atom. The summed E-state index contributed by atoms with van der Waals surface area (Å²) in [6, 6.07) is 6.30. The summed E-state index contributed by atoms with van der Waals surface area (Å²) < 4.78 is 0. The number of nitriles is 1. The van der Waals surface area contributed by atoms with Crippen molar-refractivity contribution < 1.29 is 14.7 Å². The van der Waals surface area contributed by atoms with Crippen LogP contribution >= 0.6 is 0 Å². The van der Waals surface area contributed by atoms with E-state index in [1.165, 1.54) is 23.1 Å². The zero-order valence-electron chi connectivity index (χ0n) is 8.80. The predicted molar refractivity (Wildman–Crippen MR) is 59.9 cm³/mol. The molecular weight excluding hydrogens is 222 g/mol. The number of nitrogens with zero attached hydrogens (tertiary/aromatic N) is 2. The van der Waals surface area contributed by atoms with Crippen LogP contribution < -0.4 is 10.2 Å². The average Bonchev–Trinajstić information content (AvgIpc) is 2.32. The van der Waals surface area contributed by atoms with Crippen molar-refractivity contribution in [3.63, 3.8) is 0 Å². The molecule has 0 bridgehead atoms. The van der Waals surface area contributed by atoms with Crippen molar-refractivity contribution in [3.05, 3.63) is 23.8 Å². The summed E-state index contributed by atoms with van der Waals surface area (Å²) >= 11 is 0. The molecule has 1 aliphatic rings. The minimum Gasteiger partial charge on any atom is -0.478 e. The fourth-order valence-electron chi connectivity index (χ4n) is 1.69. The van der Waals surface area contributed by atoms with Gasteiger partial charge >= 0.3 is 5.97 Å². The molecule has 2 N–H and O–H groups in total. The van der Waals surface area contributed by atoms with E-state index >= 15 is 0 Å². The number of carboxylic acids is 1. The molecule has 0 spiro atoms. The lowest BCUT2D eigenvalue weighted by Crippen LogP contribution is -2.40. The van der Waals surface area contributed by atoms with Crippen LogP contribution in [0, 0.1) is 11.3 Å². The molecule has 6 heteroatoms. The van der Waals surface area contributed by atoms with Crippen molar-refractivity contribution >= 4 is 23.3 Å². The number of rotatable bonds is 2. The number of hydrogen-bond acceptors (Lipinski definition) is 4. The maximum atomic E-state index is 11.6. The van der Waals surface area contributed by atoms with Gasteiger partial charge in [0, 0.05) is 0 Å². The fourth-order valence-corrected chi connectivity index (χ4v) is 1.69. The molecule has 86 valence electrons. The molecule has 0 atom stereocenters. The molecule has 0 unspecified atom stereocenters. The molecular formula is C11H9N3O3. The number of carbonyl (C=O) groups excluding carboxylic acids is 1. The number of carboxylic acid groups (broad SMARTS) is 1. The van der Waals surface area contributed by atoms with Crippen molar-refractivity contribution in [2.45, 2.75) is 0 Å². The summed E-state index contributed by atoms with van der Waals surface area (Å²) in [6.45, 7) is 0.0255. The van der Waals surface area contributed by atoms with Gasteiger partial charge in [0.25, 0.3) is 0 Å². The van der Waals surface area contributed by atoms with Gasteiger partial charge in [-0.25, -0.2) is 4.79 Å². The van der Waals surface area contributed by atoms with E-state index in [1.807, 2.05) is 6.07 Å². The van der Waals surface area contributed by atoms with Crippen LogP contribution in [0.3, 0.4) is 0 Å². The van der Waals surface area contributed by atoms with Gasteiger partial charge in [0.2, 0.25) is 5.91 Å². The van der Waals surface area contributed by atoms with Gasteiger partial charge in [-0.15, -0.1) is 0 Å². The number of carbonyl (C=O) groups is 2. The number of hydrogen-bond donors (Lipinski definition) is 2. The zero-order valence-corrected chi connectivity index (χ0v) is 8.80. The highest BCUT2D eigenvalue weighted by atomic mass is 16.4. The summed E-state index contributed by atoms with van der Waals surface area (Å²) in [4.78, 5) is 23.7. The van der Waals surface area contributed by atoms with Gasteiger partial charge in [-0.1, -0.05) is 0 Å². The van der Waals surface area contributed by atoms with Crippen molar-refractivity contribution in [1.82, 2.24) is 0 Å². The third-order valence-electron chi connectivity index (χ3n) is 2.49. The monoisotopic (exact) mass is 231 g/mol. The second kappa shape index (κ2) is 4.14. The van der Waals surface area contributed by atoms with Crippen LogP contribution in [-0.2, 0) is 4.79 Å². The van der Waals surface area contributed by atoms with Crippen LogP contribution in [-0.4, -0.2) is 30.1 Å². The number of nitrogens with one attached hydrogen (secondary N) is 1. The highest BCUT2D eigenvalue weighted by molar-refractivity contribution is 6.04. The Morgan fingerprint density at radius 3 is 3.00 bits per heavy atom. The number of amides is 1. The Bertz CT molecular complexity index is 533. The first-order valence-electron chi connectivity index (χ1n) is 4.92. The molecule has 2 rings (SSSR count). The average molecular weight is 231 g/mol. The minimum absolute atomic E-state index is 0.0417. The third kappa shape index (κ3) is 1.90. The normalized spacial score (nSPS) is 13.6. The number of fused-ring (bicyclic) bond motifs is 1. The maximum absolute atomic E-state index is 11.6. The van der Waals surface area contributed by atoms with Gasteiger partial charge in [0.15, 0.2) is 0 Å². The first kappa shape index (κ1) is 11.0. The zero-order chi connectivity index (χ0) is 12.4. The second-order valence-corrected chi connectivity index (χ2v) is 3.53. The maximum Gasteiger partial charge on any atom is 0.335 e. The molecule has 0 fully saturated rings. The first-order valence-corrected chi connectivity index (χ1v) is 4.92. The molecule has 1 amide bonds. The van der Waals surface area contributed by atoms with Gasteiger partial charge < -0.3 is 10.4 Å². The van der Waals surface area contributed by atoms with Crippen molar-refractivity contribution in [3.8, 4) is 6.07 Å². The first-order chi connectivity index (χ1) is 8.13. The van der Waals surface area contributed by atoms with Gasteiger partial charge in [0.1, 0.15) is 6.54 Å². The van der Waals surface area contributed by atoms with Crippen LogP contribution in [0.5, 0.6) is 0 Å². The largest absolute Gasteiger partial charge is 0.478 e. The minimum atomic E-state index is -1.03. The van der Waals surface area contributed by atoms with Gasteiger partial charge in [0.05, 0.1) is 29.6 Å². The fraction of sp³-hybridized carbons (Fsp3) is 0.182. The number of benzene rings is 1. The van der Waals surface area contributed by atoms with Crippen LogP contribution in [0.4, 0.5) is 11.4 Å². The summed E-state index contributed by atoms with van der Waals surface area (Å²) in [5.74, 6) is -1.24. The smallest absolute Gasteiger partial charge is 0.335 e. The molecule has 6 nitrogen and oxygen atoms in total. The molecule has 1 aromatic rings. The highest BCUT2D eigenvalue weighted by Crippen LogP contribution is 2.30. The lowest BCUT2D eigenvalue weighted by molar-refractivity contribution is -0.117. The quantitative estimate of drug-likeness (QED) is 0.729. The van der Waals surface area contributed by atoms with Crippen molar-refractivity contribution in [2.24, 2.45) is 0 Å². The molecule has 0 aliphatic carbocycles. The number of aromatic carboxylic acids is 1. The highest BCUT2D eigenvalue weighted by Gasteiger charge is 2.24. The summed E-state index contributed by atoms with van der Waals surface area (Å²) in [5.41, 5.74) is 1.23. The molecule has 0 radical (unpaired) electrons. The van der Waals surface area contributed by atoms with E-state index < -0.39 is 5.97 Å². The Hall–Kier alpha value is -2.55. The second-order valence-electron chi connectivity index (χ2n) is 3.53. The van der Waals surface area contributed by atoms with Gasteiger partial charge in [-0.2, -0.15) is 5.26 Å². The van der Waals surface area contributed by atoms with E-state index in [-0.39, 0.29) is 24.6 Å². The van der Waals surface area contributed by atoms with E-state index in [1.54, 1.807) is 0 Å². The Balaban J connectivity index is 2.44. The van der Waals surface area contributed by atoms with E-state index in [2.05, 4.69) is 5.32 Å². The lowest BCUT2D eigenvalue weighted by Gasteiger charge is -2.28. The van der Waals surface area contributed by atoms with E-state index in [4.69, 9.17) is 10.4 Å². The topological polar surface area (TPSA) is 93.4 Å². The van der Waals surface area contributed by atoms with Crippen molar-refractivity contribution in [1.29, 1.82) is 5.26 Å². The molecule has 1 aromatic carbocycles. The Morgan fingerprint density at radius 1 is 1.59 bits per heavy atom. The van der Waals surface area contributed by atoms with Crippen LogP contribution in [0.2, 0.25) is 0 Å². The predicted octanol–water partition coefficient (Wildman–Crippen LogP) is 0.667. The Labute approximate surface area is 97.1 Å². The van der Waals surface area contributed by atoms with E-state index in [0.29, 0.717) is 11.4 Å². The number of anilines is 2. The molecule has 17 heavy (non-hydrogen) atoms. The molecule has 0 aromatic heterocycles. The lowest BCUT2D eigenvalue weighted by atomic mass is 10.1. The standard InChI is InChI=1S/C11H9N3O3/c12-3-4-14-9-2-1-7(11(16)17)5-8(9)13-6-10(14)15/h1-2,5,13H,4,6H2,(H,16,17). The van der Waals surface area contributed by atoms with E-state index in [9.17, 15) is 9.59 Å². The van der Waals surface area contributed by atoms with E-state index in [0.717, 1.165) is 0 Å². The molecule has 0 saturated heterocycles. The molecule has 0 saturated carbocycles. The van der Waals surface area contributed by atoms with Gasteiger partial charge in [-0.05, 0) is 18.2 Å². The van der Waals surface area contributed by atoms with Gasteiger partial charge in [-0.3, -0.25) is 9.69 Å². The third-order valence-corrected chi connectivity index (χ3v) is 2.49.